The number of hydrogen-bond donors (Lipinski definition) is 1. The fraction of sp³-hybridized carbons (Fsp3) is 0.417. The van der Waals surface area contributed by atoms with Gasteiger partial charge in [0.15, 0.2) is 0 Å². The second-order valence-corrected chi connectivity index (χ2v) is 3.49. The van der Waals surface area contributed by atoms with Gasteiger partial charge in [-0.05, 0) is 24.1 Å². The molecule has 4 heteroatoms. The minimum atomic E-state index is -0.430. The van der Waals surface area contributed by atoms with E-state index < -0.39 is 6.04 Å². The second-order valence-electron chi connectivity index (χ2n) is 3.49. The predicted octanol–water partition coefficient (Wildman–Crippen LogP) is 0.781. The summed E-state index contributed by atoms with van der Waals surface area (Å²) < 4.78 is 10.3. The molecule has 0 fully saturated rings. The van der Waals surface area contributed by atoms with Crippen molar-refractivity contribution in [2.75, 3.05) is 20.3 Å². The minimum Gasteiger partial charge on any atom is -0.491 e. The summed E-state index contributed by atoms with van der Waals surface area (Å²) in [5.74, 6) is 0.792. The molecule has 0 saturated heterocycles. The second kappa shape index (κ2) is 6.98. The lowest BCUT2D eigenvalue weighted by atomic mass is 10.1. The van der Waals surface area contributed by atoms with Crippen LogP contribution in [0.15, 0.2) is 24.3 Å². The Morgan fingerprint density at radius 2 is 2.00 bits per heavy atom. The SMILES string of the molecule is COCCOc1ccc(CC(N)C=O)cc1. The van der Waals surface area contributed by atoms with Crippen LogP contribution in [0.4, 0.5) is 0 Å². The molecule has 0 heterocycles. The van der Waals surface area contributed by atoms with Crippen molar-refractivity contribution in [1.82, 2.24) is 0 Å². The lowest BCUT2D eigenvalue weighted by molar-refractivity contribution is -0.108. The first-order valence-corrected chi connectivity index (χ1v) is 5.18. The van der Waals surface area contributed by atoms with Crippen molar-refractivity contribution < 1.29 is 14.3 Å². The maximum absolute atomic E-state index is 10.4. The monoisotopic (exact) mass is 223 g/mol. The van der Waals surface area contributed by atoms with E-state index in [0.29, 0.717) is 19.6 Å². The van der Waals surface area contributed by atoms with Crippen LogP contribution in [0.2, 0.25) is 0 Å². The molecule has 0 aliphatic carbocycles. The minimum absolute atomic E-state index is 0.430. The van der Waals surface area contributed by atoms with Crippen molar-refractivity contribution in [3.8, 4) is 5.75 Å². The normalized spacial score (nSPS) is 12.1. The summed E-state index contributed by atoms with van der Waals surface area (Å²) >= 11 is 0. The van der Waals surface area contributed by atoms with E-state index in [4.69, 9.17) is 15.2 Å². The van der Waals surface area contributed by atoms with Crippen molar-refractivity contribution in [2.24, 2.45) is 5.73 Å². The van der Waals surface area contributed by atoms with Gasteiger partial charge in [-0.3, -0.25) is 0 Å². The van der Waals surface area contributed by atoms with Crippen LogP contribution < -0.4 is 10.5 Å². The molecular formula is C12H17NO3. The first-order valence-electron chi connectivity index (χ1n) is 5.18. The number of methoxy groups -OCH3 is 1. The number of carbonyl (C=O) groups excluding carboxylic acids is 1. The molecule has 0 saturated carbocycles. The number of nitrogens with two attached hydrogens (primary N) is 1. The predicted molar refractivity (Wildman–Crippen MR) is 61.6 cm³/mol. The van der Waals surface area contributed by atoms with Crippen molar-refractivity contribution in [2.45, 2.75) is 12.5 Å². The summed E-state index contributed by atoms with van der Waals surface area (Å²) in [6.45, 7) is 1.10. The number of aldehydes is 1. The highest BCUT2D eigenvalue weighted by atomic mass is 16.5. The van der Waals surface area contributed by atoms with Gasteiger partial charge in [-0.25, -0.2) is 0 Å². The zero-order valence-electron chi connectivity index (χ0n) is 9.39. The molecule has 0 spiro atoms. The third-order valence-corrected chi connectivity index (χ3v) is 2.13. The Hall–Kier alpha value is -1.39. The molecule has 1 rings (SSSR count). The summed E-state index contributed by atoms with van der Waals surface area (Å²) in [5.41, 5.74) is 6.55. The van der Waals surface area contributed by atoms with Crippen LogP contribution in [0.5, 0.6) is 5.75 Å². The van der Waals surface area contributed by atoms with Gasteiger partial charge in [0.1, 0.15) is 18.6 Å². The van der Waals surface area contributed by atoms with Gasteiger partial charge in [0, 0.05) is 7.11 Å². The average Bonchev–Trinajstić information content (AvgIpc) is 2.31. The standard InChI is InChI=1S/C12H17NO3/c1-15-6-7-16-12-4-2-10(3-5-12)8-11(13)9-14/h2-5,9,11H,6-8,13H2,1H3. The van der Waals surface area contributed by atoms with Gasteiger partial charge in [-0.15, -0.1) is 0 Å². The van der Waals surface area contributed by atoms with E-state index in [2.05, 4.69) is 0 Å². The Kier molecular flexibility index (Phi) is 5.53. The lowest BCUT2D eigenvalue weighted by Crippen LogP contribution is -2.23. The van der Waals surface area contributed by atoms with Crippen LogP contribution in [0.3, 0.4) is 0 Å². The number of benzene rings is 1. The molecule has 16 heavy (non-hydrogen) atoms. The van der Waals surface area contributed by atoms with Gasteiger partial charge in [-0.1, -0.05) is 12.1 Å². The van der Waals surface area contributed by atoms with Crippen molar-refractivity contribution >= 4 is 6.29 Å². The highest BCUT2D eigenvalue weighted by molar-refractivity contribution is 5.57. The van der Waals surface area contributed by atoms with Crippen molar-refractivity contribution in [3.63, 3.8) is 0 Å². The first kappa shape index (κ1) is 12.7. The third kappa shape index (κ3) is 4.42. The van der Waals surface area contributed by atoms with Gasteiger partial charge in [0.05, 0.1) is 12.6 Å². The van der Waals surface area contributed by atoms with Gasteiger partial charge in [0.2, 0.25) is 0 Å². The summed E-state index contributed by atoms with van der Waals surface area (Å²) in [6.07, 6.45) is 1.31. The summed E-state index contributed by atoms with van der Waals surface area (Å²) in [5, 5.41) is 0. The van der Waals surface area contributed by atoms with Crippen LogP contribution in [-0.4, -0.2) is 32.7 Å². The van der Waals surface area contributed by atoms with Crippen LogP contribution in [0.1, 0.15) is 5.56 Å². The lowest BCUT2D eigenvalue weighted by Gasteiger charge is -2.07. The Bertz CT molecular complexity index is 311. The molecule has 0 aromatic heterocycles. The Morgan fingerprint density at radius 1 is 1.31 bits per heavy atom. The molecule has 1 unspecified atom stereocenters. The van der Waals surface area contributed by atoms with Crippen LogP contribution >= 0.6 is 0 Å². The fourth-order valence-electron chi connectivity index (χ4n) is 1.28. The van der Waals surface area contributed by atoms with Gasteiger partial charge in [0.25, 0.3) is 0 Å². The van der Waals surface area contributed by atoms with E-state index in [1.807, 2.05) is 24.3 Å². The molecule has 0 aliphatic rings. The average molecular weight is 223 g/mol. The first-order chi connectivity index (χ1) is 7.76. The quantitative estimate of drug-likeness (QED) is 0.548. The Morgan fingerprint density at radius 3 is 2.56 bits per heavy atom. The van der Waals surface area contributed by atoms with Gasteiger partial charge >= 0.3 is 0 Å². The molecule has 1 aromatic carbocycles. The largest absolute Gasteiger partial charge is 0.491 e. The molecule has 0 radical (unpaired) electrons. The Labute approximate surface area is 95.3 Å². The molecule has 0 amide bonds. The van der Waals surface area contributed by atoms with E-state index in [1.165, 1.54) is 0 Å². The van der Waals surface area contributed by atoms with Crippen molar-refractivity contribution in [3.05, 3.63) is 29.8 Å². The number of ether oxygens (including phenoxy) is 2. The van der Waals surface area contributed by atoms with Gasteiger partial charge < -0.3 is 20.0 Å². The van der Waals surface area contributed by atoms with E-state index in [0.717, 1.165) is 17.6 Å². The molecule has 0 bridgehead atoms. The molecule has 88 valence electrons. The van der Waals surface area contributed by atoms with Crippen LogP contribution in [0.25, 0.3) is 0 Å². The Balaban J connectivity index is 2.44. The molecule has 0 aliphatic heterocycles. The van der Waals surface area contributed by atoms with E-state index >= 15 is 0 Å². The van der Waals surface area contributed by atoms with Gasteiger partial charge in [-0.2, -0.15) is 0 Å². The maximum atomic E-state index is 10.4. The van der Waals surface area contributed by atoms with Crippen LogP contribution in [0, 0.1) is 0 Å². The van der Waals surface area contributed by atoms with E-state index in [1.54, 1.807) is 7.11 Å². The smallest absolute Gasteiger partial charge is 0.137 e. The maximum Gasteiger partial charge on any atom is 0.137 e. The summed E-state index contributed by atoms with van der Waals surface area (Å²) in [6, 6.07) is 7.11. The van der Waals surface area contributed by atoms with E-state index in [-0.39, 0.29) is 0 Å². The molecule has 4 nitrogen and oxygen atoms in total. The molecule has 1 aromatic rings. The number of hydrogen-bond acceptors (Lipinski definition) is 4. The zero-order valence-corrected chi connectivity index (χ0v) is 9.39. The highest BCUT2D eigenvalue weighted by Crippen LogP contribution is 2.12. The summed E-state index contributed by atoms with van der Waals surface area (Å²) in [7, 11) is 1.63. The molecule has 1 atom stereocenters. The van der Waals surface area contributed by atoms with E-state index in [9.17, 15) is 4.79 Å². The zero-order chi connectivity index (χ0) is 11.8. The number of rotatable bonds is 7. The van der Waals surface area contributed by atoms with Crippen LogP contribution in [-0.2, 0) is 16.0 Å². The highest BCUT2D eigenvalue weighted by Gasteiger charge is 2.02. The fourth-order valence-corrected chi connectivity index (χ4v) is 1.28. The molecular weight excluding hydrogens is 206 g/mol. The molecule has 2 N–H and O–H groups in total. The third-order valence-electron chi connectivity index (χ3n) is 2.13. The number of carbonyl (C=O) groups is 1. The van der Waals surface area contributed by atoms with Crippen molar-refractivity contribution in [1.29, 1.82) is 0 Å². The topological polar surface area (TPSA) is 61.6 Å². The summed E-state index contributed by atoms with van der Waals surface area (Å²) in [4.78, 5) is 10.4.